The van der Waals surface area contributed by atoms with E-state index in [9.17, 15) is 13.2 Å². The van der Waals surface area contributed by atoms with Crippen molar-refractivity contribution in [1.29, 1.82) is 0 Å². The minimum absolute atomic E-state index is 0.0985. The van der Waals surface area contributed by atoms with Crippen LogP contribution in [0.3, 0.4) is 0 Å². The molecule has 1 amide bonds. The molecule has 2 aromatic carbocycles. The van der Waals surface area contributed by atoms with Crippen LogP contribution in [0.5, 0.6) is 0 Å². The van der Waals surface area contributed by atoms with Crippen molar-refractivity contribution in [2.24, 2.45) is 5.41 Å². The van der Waals surface area contributed by atoms with Crippen LogP contribution in [0.2, 0.25) is 0 Å². The average molecular weight is 459 g/mol. The fourth-order valence-electron chi connectivity index (χ4n) is 2.78. The molecule has 1 atom stereocenters. The van der Waals surface area contributed by atoms with Gasteiger partial charge in [0.05, 0.1) is 17.4 Å². The molecule has 1 heterocycles. The van der Waals surface area contributed by atoms with E-state index in [-0.39, 0.29) is 17.6 Å². The van der Waals surface area contributed by atoms with Crippen molar-refractivity contribution in [1.82, 2.24) is 10.3 Å². The summed E-state index contributed by atoms with van der Waals surface area (Å²) in [5, 5.41) is 5.81. The summed E-state index contributed by atoms with van der Waals surface area (Å²) in [6, 6.07) is 17.1. The molecule has 1 radical (unpaired) electrons. The molecule has 7 nitrogen and oxygen atoms in total. The van der Waals surface area contributed by atoms with Crippen molar-refractivity contribution in [3.63, 3.8) is 0 Å². The monoisotopic (exact) mass is 458 g/mol. The van der Waals surface area contributed by atoms with E-state index in [0.717, 1.165) is 21.8 Å². The first-order chi connectivity index (χ1) is 14.5. The number of rotatable bonds is 7. The van der Waals surface area contributed by atoms with Gasteiger partial charge in [-0.05, 0) is 30.2 Å². The molecule has 31 heavy (non-hydrogen) atoms. The maximum atomic E-state index is 12.7. The summed E-state index contributed by atoms with van der Waals surface area (Å²) in [5.41, 5.74) is 2.23. The molecule has 0 aliphatic heterocycles. The van der Waals surface area contributed by atoms with Gasteiger partial charge in [0.25, 0.3) is 0 Å². The van der Waals surface area contributed by atoms with Gasteiger partial charge < -0.3 is 5.32 Å². The van der Waals surface area contributed by atoms with Crippen LogP contribution in [-0.4, -0.2) is 23.9 Å². The smallest absolute Gasteiger partial charge is 0.346 e. The third-order valence-electron chi connectivity index (χ3n) is 4.42. The highest BCUT2D eigenvalue weighted by atomic mass is 32.2. The Bertz CT molecular complexity index is 1140. The Labute approximate surface area is 186 Å². The quantitative estimate of drug-likeness (QED) is 0.458. The summed E-state index contributed by atoms with van der Waals surface area (Å²) in [7, 11) is -4.35. The van der Waals surface area contributed by atoms with Crippen molar-refractivity contribution >= 4 is 33.2 Å². The van der Waals surface area contributed by atoms with Crippen molar-refractivity contribution in [2.75, 3.05) is 4.72 Å². The Kier molecular flexibility index (Phi) is 6.78. The standard InChI is InChI=1S/C22H24N3O4S2/c1-22(2,3)21(26)24-18(13-15-9-11-17(12-10-15)25-31(27,28)29)20-23-19(14-30-20)16-7-5-4-6-8-16/h4-9,11-12,14,18,25H,13H2,1-3H3,(H,24,26)(H,27,28,29). The van der Waals surface area contributed by atoms with E-state index < -0.39 is 15.7 Å². The molecule has 1 aromatic heterocycles. The number of carbonyl (C=O) groups is 1. The van der Waals surface area contributed by atoms with Gasteiger partial charge in [-0.15, -0.1) is 11.3 Å². The van der Waals surface area contributed by atoms with E-state index in [2.05, 4.69) is 11.4 Å². The lowest BCUT2D eigenvalue weighted by Crippen LogP contribution is -2.38. The van der Waals surface area contributed by atoms with Crippen LogP contribution >= 0.6 is 11.3 Å². The van der Waals surface area contributed by atoms with Crippen molar-refractivity contribution in [3.05, 3.63) is 70.5 Å². The van der Waals surface area contributed by atoms with Crippen molar-refractivity contribution < 1.29 is 17.8 Å². The SMILES string of the molecule is CC(C)(C)C(=O)NC(Cc1[c]cc(NS(=O)(=O)O)cc1)c1nc(-c2ccccc2)cs1. The first kappa shape index (κ1) is 22.9. The second-order valence-electron chi connectivity index (χ2n) is 8.10. The van der Waals surface area contributed by atoms with Gasteiger partial charge in [0, 0.05) is 16.4 Å². The predicted molar refractivity (Wildman–Crippen MR) is 122 cm³/mol. The van der Waals surface area contributed by atoms with Gasteiger partial charge in [0.15, 0.2) is 0 Å². The molecule has 3 N–H and O–H groups in total. The van der Waals surface area contributed by atoms with Crippen molar-refractivity contribution in [2.45, 2.75) is 33.2 Å². The summed E-state index contributed by atoms with van der Waals surface area (Å²) >= 11 is 1.47. The van der Waals surface area contributed by atoms with Gasteiger partial charge in [0.2, 0.25) is 5.91 Å². The highest BCUT2D eigenvalue weighted by molar-refractivity contribution is 7.87. The van der Waals surface area contributed by atoms with E-state index in [1.54, 1.807) is 6.07 Å². The number of carbonyl (C=O) groups excluding carboxylic acids is 1. The number of anilines is 1. The zero-order valence-corrected chi connectivity index (χ0v) is 19.0. The van der Waals surface area contributed by atoms with Crippen LogP contribution in [-0.2, 0) is 21.5 Å². The largest absolute Gasteiger partial charge is 0.357 e. The molecule has 163 valence electrons. The zero-order valence-electron chi connectivity index (χ0n) is 17.4. The second-order valence-corrected chi connectivity index (χ2v) is 10.1. The molecule has 0 saturated heterocycles. The Morgan fingerprint density at radius 1 is 1.19 bits per heavy atom. The zero-order chi connectivity index (χ0) is 22.6. The lowest BCUT2D eigenvalue weighted by molar-refractivity contribution is -0.129. The summed E-state index contributed by atoms with van der Waals surface area (Å²) < 4.78 is 32.8. The first-order valence-electron chi connectivity index (χ1n) is 9.59. The highest BCUT2D eigenvalue weighted by Gasteiger charge is 2.26. The minimum atomic E-state index is -4.35. The van der Waals surface area contributed by atoms with Crippen molar-refractivity contribution in [3.8, 4) is 11.3 Å². The molecule has 0 aliphatic rings. The molecule has 1 unspecified atom stereocenters. The second kappa shape index (κ2) is 9.17. The summed E-state index contributed by atoms with van der Waals surface area (Å²) in [5.74, 6) is -0.0985. The van der Waals surface area contributed by atoms with Crippen LogP contribution in [0.25, 0.3) is 11.3 Å². The maximum Gasteiger partial charge on any atom is 0.357 e. The van der Waals surface area contributed by atoms with Gasteiger partial charge in [-0.1, -0.05) is 57.2 Å². The number of hydrogen-bond donors (Lipinski definition) is 3. The molecular formula is C22H24N3O4S2. The number of benzene rings is 2. The normalized spacial score (nSPS) is 12.9. The molecule has 0 spiro atoms. The van der Waals surface area contributed by atoms with E-state index in [1.807, 2.05) is 61.2 Å². The molecule has 0 aliphatic carbocycles. The van der Waals surface area contributed by atoms with Gasteiger partial charge in [0.1, 0.15) is 5.01 Å². The van der Waals surface area contributed by atoms with Crippen LogP contribution < -0.4 is 10.0 Å². The molecule has 3 rings (SSSR count). The number of thiazole rings is 1. The minimum Gasteiger partial charge on any atom is -0.346 e. The first-order valence-corrected chi connectivity index (χ1v) is 11.9. The molecule has 0 saturated carbocycles. The predicted octanol–water partition coefficient (Wildman–Crippen LogP) is 4.27. The van der Waals surface area contributed by atoms with Crippen LogP contribution in [0.1, 0.15) is 37.4 Å². The fraction of sp³-hybridized carbons (Fsp3) is 0.273. The van der Waals surface area contributed by atoms with Gasteiger partial charge in [-0.2, -0.15) is 8.42 Å². The van der Waals surface area contributed by atoms with E-state index in [1.165, 1.54) is 23.5 Å². The van der Waals surface area contributed by atoms with Crippen LogP contribution in [0, 0.1) is 11.5 Å². The molecule has 0 bridgehead atoms. The van der Waals surface area contributed by atoms with Crippen LogP contribution in [0.15, 0.2) is 53.9 Å². The average Bonchev–Trinajstić information content (AvgIpc) is 3.18. The number of amides is 1. The molecule has 3 aromatic rings. The number of nitrogens with zero attached hydrogens (tertiary/aromatic N) is 1. The van der Waals surface area contributed by atoms with Crippen LogP contribution in [0.4, 0.5) is 5.69 Å². The Hall–Kier alpha value is -2.75. The van der Waals surface area contributed by atoms with Gasteiger partial charge >= 0.3 is 10.3 Å². The Morgan fingerprint density at radius 2 is 1.90 bits per heavy atom. The van der Waals surface area contributed by atoms with E-state index >= 15 is 0 Å². The number of aromatic nitrogens is 1. The molecule has 9 heteroatoms. The Morgan fingerprint density at radius 3 is 2.48 bits per heavy atom. The summed E-state index contributed by atoms with van der Waals surface area (Å²) in [6.45, 7) is 5.54. The number of nitrogens with one attached hydrogen (secondary N) is 2. The van der Waals surface area contributed by atoms with Gasteiger partial charge in [-0.25, -0.2) is 4.98 Å². The Balaban J connectivity index is 1.85. The topological polar surface area (TPSA) is 108 Å². The summed E-state index contributed by atoms with van der Waals surface area (Å²) in [6.07, 6.45) is 0.426. The third kappa shape index (κ3) is 6.61. The van der Waals surface area contributed by atoms with Gasteiger partial charge in [-0.3, -0.25) is 14.1 Å². The molecule has 0 fully saturated rings. The number of hydrogen-bond acceptors (Lipinski definition) is 5. The van der Waals surface area contributed by atoms with E-state index in [4.69, 9.17) is 9.54 Å². The third-order valence-corrected chi connectivity index (χ3v) is 5.88. The van der Waals surface area contributed by atoms with E-state index in [0.29, 0.717) is 6.42 Å². The fourth-order valence-corrected chi connectivity index (χ4v) is 4.08. The molecular weight excluding hydrogens is 434 g/mol. The lowest BCUT2D eigenvalue weighted by atomic mass is 9.94. The summed E-state index contributed by atoms with van der Waals surface area (Å²) in [4.78, 5) is 17.4. The highest BCUT2D eigenvalue weighted by Crippen LogP contribution is 2.29. The lowest BCUT2D eigenvalue weighted by Gasteiger charge is -2.23. The maximum absolute atomic E-state index is 12.7.